The van der Waals surface area contributed by atoms with Gasteiger partial charge in [0, 0.05) is 24.3 Å². The van der Waals surface area contributed by atoms with Crippen LogP contribution in [-0.2, 0) is 0 Å². The second kappa shape index (κ2) is 5.24. The quantitative estimate of drug-likeness (QED) is 0.503. The standard InChI is InChI=1S/C13H16IN3O2/c14-11-7-10(1-2-13(11)17(18)19)15-12-8-16-5-3-9(12)4-6-16/h1-2,7,9,12,15H,3-6,8H2. The highest BCUT2D eigenvalue weighted by atomic mass is 127. The average Bonchev–Trinajstić information content (AvgIpc) is 2.39. The largest absolute Gasteiger partial charge is 0.381 e. The zero-order chi connectivity index (χ0) is 13.4. The lowest BCUT2D eigenvalue weighted by molar-refractivity contribution is -0.385. The van der Waals surface area contributed by atoms with Gasteiger partial charge in [-0.2, -0.15) is 0 Å². The van der Waals surface area contributed by atoms with Crippen LogP contribution in [0.1, 0.15) is 12.8 Å². The van der Waals surface area contributed by atoms with Gasteiger partial charge in [0.1, 0.15) is 0 Å². The molecule has 3 aliphatic heterocycles. The number of hydrogen-bond acceptors (Lipinski definition) is 4. The molecule has 1 atom stereocenters. The Labute approximate surface area is 125 Å². The van der Waals surface area contributed by atoms with E-state index in [9.17, 15) is 10.1 Å². The maximum absolute atomic E-state index is 10.8. The first-order chi connectivity index (χ1) is 9.13. The molecule has 0 spiro atoms. The van der Waals surface area contributed by atoms with Gasteiger partial charge in [0.05, 0.1) is 8.49 Å². The molecule has 1 aromatic rings. The minimum atomic E-state index is -0.334. The summed E-state index contributed by atoms with van der Waals surface area (Å²) in [6.07, 6.45) is 2.53. The number of nitrogens with zero attached hydrogens (tertiary/aromatic N) is 2. The molecule has 102 valence electrons. The van der Waals surface area contributed by atoms with E-state index in [0.29, 0.717) is 9.61 Å². The smallest absolute Gasteiger partial charge is 0.282 e. The van der Waals surface area contributed by atoms with Crippen molar-refractivity contribution in [1.82, 2.24) is 4.90 Å². The van der Waals surface area contributed by atoms with Crippen molar-refractivity contribution in [3.63, 3.8) is 0 Å². The van der Waals surface area contributed by atoms with Crippen molar-refractivity contribution in [1.29, 1.82) is 0 Å². The van der Waals surface area contributed by atoms with Crippen molar-refractivity contribution in [2.45, 2.75) is 18.9 Å². The summed E-state index contributed by atoms with van der Waals surface area (Å²) in [4.78, 5) is 13.0. The number of piperidine rings is 3. The third-order valence-corrected chi connectivity index (χ3v) is 5.02. The molecule has 3 heterocycles. The van der Waals surface area contributed by atoms with Gasteiger partial charge in [-0.25, -0.2) is 0 Å². The van der Waals surface area contributed by atoms with Gasteiger partial charge in [0.15, 0.2) is 0 Å². The third kappa shape index (κ3) is 2.69. The molecule has 0 saturated carbocycles. The fourth-order valence-corrected chi connectivity index (χ4v) is 3.80. The predicted octanol–water partition coefficient (Wildman–Crippen LogP) is 2.71. The van der Waals surface area contributed by atoms with Crippen LogP contribution in [0.5, 0.6) is 0 Å². The van der Waals surface area contributed by atoms with Gasteiger partial charge in [-0.3, -0.25) is 10.1 Å². The summed E-state index contributed by atoms with van der Waals surface area (Å²) in [6, 6.07) is 5.76. The summed E-state index contributed by atoms with van der Waals surface area (Å²) in [7, 11) is 0. The van der Waals surface area contributed by atoms with Crippen LogP contribution < -0.4 is 5.32 Å². The number of nitro benzene ring substituents is 1. The van der Waals surface area contributed by atoms with Gasteiger partial charge in [0.2, 0.25) is 0 Å². The van der Waals surface area contributed by atoms with E-state index in [4.69, 9.17) is 0 Å². The van der Waals surface area contributed by atoms with Gasteiger partial charge in [-0.15, -0.1) is 0 Å². The molecule has 1 N–H and O–H groups in total. The fourth-order valence-electron chi connectivity index (χ4n) is 3.09. The van der Waals surface area contributed by atoms with Crippen molar-refractivity contribution in [2.75, 3.05) is 25.0 Å². The number of nitro groups is 1. The first kappa shape index (κ1) is 13.1. The maximum atomic E-state index is 10.8. The molecule has 1 unspecified atom stereocenters. The van der Waals surface area contributed by atoms with Crippen molar-refractivity contribution in [3.8, 4) is 0 Å². The first-order valence-electron chi connectivity index (χ1n) is 6.56. The Kier molecular flexibility index (Phi) is 3.62. The minimum absolute atomic E-state index is 0.181. The molecule has 0 aromatic heterocycles. The normalized spacial score (nSPS) is 29.2. The molecule has 3 fully saturated rings. The molecule has 3 saturated heterocycles. The van der Waals surface area contributed by atoms with Gasteiger partial charge in [-0.1, -0.05) is 0 Å². The Hall–Kier alpha value is -0.890. The van der Waals surface area contributed by atoms with Gasteiger partial charge < -0.3 is 10.2 Å². The van der Waals surface area contributed by atoms with E-state index < -0.39 is 0 Å². The molecule has 0 aliphatic carbocycles. The van der Waals surface area contributed by atoms with E-state index >= 15 is 0 Å². The summed E-state index contributed by atoms with van der Waals surface area (Å²) in [5.41, 5.74) is 1.17. The lowest BCUT2D eigenvalue weighted by Crippen LogP contribution is -2.53. The number of hydrogen-bond donors (Lipinski definition) is 1. The first-order valence-corrected chi connectivity index (χ1v) is 7.64. The fraction of sp³-hybridized carbons (Fsp3) is 0.538. The number of benzene rings is 1. The van der Waals surface area contributed by atoms with E-state index in [1.807, 2.05) is 34.7 Å². The minimum Gasteiger partial charge on any atom is -0.381 e. The zero-order valence-corrected chi connectivity index (χ0v) is 12.7. The number of anilines is 1. The Bertz CT molecular complexity index is 501. The Morgan fingerprint density at radius 1 is 1.37 bits per heavy atom. The summed E-state index contributed by atoms with van der Waals surface area (Å²) in [5, 5.41) is 14.4. The molecule has 1 aromatic carbocycles. The van der Waals surface area contributed by atoms with E-state index in [2.05, 4.69) is 10.2 Å². The number of nitrogens with one attached hydrogen (secondary N) is 1. The van der Waals surface area contributed by atoms with Crippen LogP contribution in [-0.4, -0.2) is 35.5 Å². The van der Waals surface area contributed by atoms with Crippen LogP contribution in [0.2, 0.25) is 0 Å². The monoisotopic (exact) mass is 373 g/mol. The lowest BCUT2D eigenvalue weighted by atomic mass is 9.84. The van der Waals surface area contributed by atoms with Crippen molar-refractivity contribution >= 4 is 34.0 Å². The Morgan fingerprint density at radius 3 is 2.63 bits per heavy atom. The van der Waals surface area contributed by atoms with Crippen molar-refractivity contribution in [2.24, 2.45) is 5.92 Å². The molecule has 5 nitrogen and oxygen atoms in total. The Balaban J connectivity index is 1.73. The molecule has 6 heteroatoms. The van der Waals surface area contributed by atoms with Gasteiger partial charge in [-0.05, 0) is 66.6 Å². The zero-order valence-electron chi connectivity index (χ0n) is 10.5. The predicted molar refractivity (Wildman–Crippen MR) is 82.4 cm³/mol. The maximum Gasteiger partial charge on any atom is 0.282 e. The number of fused-ring (bicyclic) bond motifs is 3. The highest BCUT2D eigenvalue weighted by Crippen LogP contribution is 2.31. The second-order valence-corrected chi connectivity index (χ2v) is 6.47. The third-order valence-electron chi connectivity index (χ3n) is 4.15. The second-order valence-electron chi connectivity index (χ2n) is 5.31. The lowest BCUT2D eigenvalue weighted by Gasteiger charge is -2.45. The molecular weight excluding hydrogens is 357 g/mol. The van der Waals surface area contributed by atoms with Gasteiger partial charge >= 0.3 is 0 Å². The summed E-state index contributed by atoms with van der Waals surface area (Å²) in [5.74, 6) is 0.748. The Morgan fingerprint density at radius 2 is 2.11 bits per heavy atom. The summed E-state index contributed by atoms with van der Waals surface area (Å²) in [6.45, 7) is 3.54. The number of rotatable bonds is 3. The summed E-state index contributed by atoms with van der Waals surface area (Å²) >= 11 is 2.03. The molecule has 19 heavy (non-hydrogen) atoms. The van der Waals surface area contributed by atoms with E-state index in [1.165, 1.54) is 25.9 Å². The van der Waals surface area contributed by atoms with E-state index in [-0.39, 0.29) is 10.6 Å². The molecule has 2 bridgehead atoms. The van der Waals surface area contributed by atoms with E-state index in [0.717, 1.165) is 18.2 Å². The molecular formula is C13H16IN3O2. The van der Waals surface area contributed by atoms with Crippen LogP contribution in [0.25, 0.3) is 0 Å². The average molecular weight is 373 g/mol. The highest BCUT2D eigenvalue weighted by molar-refractivity contribution is 14.1. The SMILES string of the molecule is O=[N+]([O-])c1ccc(NC2CN3CCC2CC3)cc1I. The molecule has 4 rings (SSSR count). The van der Waals surface area contributed by atoms with Crippen molar-refractivity contribution in [3.05, 3.63) is 31.9 Å². The topological polar surface area (TPSA) is 58.4 Å². The van der Waals surface area contributed by atoms with Crippen molar-refractivity contribution < 1.29 is 4.92 Å². The molecule has 3 aliphatic rings. The highest BCUT2D eigenvalue weighted by Gasteiger charge is 2.33. The summed E-state index contributed by atoms with van der Waals surface area (Å²) < 4.78 is 0.689. The van der Waals surface area contributed by atoms with E-state index in [1.54, 1.807) is 6.07 Å². The van der Waals surface area contributed by atoms with Crippen LogP contribution in [0, 0.1) is 19.6 Å². The van der Waals surface area contributed by atoms with Crippen LogP contribution in [0.4, 0.5) is 11.4 Å². The van der Waals surface area contributed by atoms with Gasteiger partial charge in [0.25, 0.3) is 5.69 Å². The van der Waals surface area contributed by atoms with Crippen LogP contribution >= 0.6 is 22.6 Å². The molecule has 0 radical (unpaired) electrons. The van der Waals surface area contributed by atoms with Crippen LogP contribution in [0.3, 0.4) is 0 Å². The molecule has 0 amide bonds. The van der Waals surface area contributed by atoms with Crippen LogP contribution in [0.15, 0.2) is 18.2 Å². The number of halogens is 1.